The quantitative estimate of drug-likeness (QED) is 0.666. The van der Waals surface area contributed by atoms with E-state index in [-0.39, 0.29) is 24.1 Å². The molecule has 1 heterocycles. The fourth-order valence-electron chi connectivity index (χ4n) is 1.84. The third-order valence-corrected chi connectivity index (χ3v) is 4.40. The van der Waals surface area contributed by atoms with Gasteiger partial charge in [-0.25, -0.2) is 8.42 Å². The molecule has 1 rings (SSSR count). The summed E-state index contributed by atoms with van der Waals surface area (Å²) in [6.45, 7) is 0.719. The zero-order valence-corrected chi connectivity index (χ0v) is 10.1. The van der Waals surface area contributed by atoms with E-state index in [1.807, 2.05) is 0 Å². The molecule has 16 heavy (non-hydrogen) atoms. The number of ether oxygens (including phenoxy) is 1. The van der Waals surface area contributed by atoms with Crippen molar-refractivity contribution in [2.24, 2.45) is 0 Å². The summed E-state index contributed by atoms with van der Waals surface area (Å²) in [7, 11) is -1.44. The van der Waals surface area contributed by atoms with Crippen LogP contribution in [0.3, 0.4) is 0 Å². The second-order valence-electron chi connectivity index (χ2n) is 3.91. The summed E-state index contributed by atoms with van der Waals surface area (Å²) < 4.78 is 27.5. The maximum absolute atomic E-state index is 11.3. The molecule has 0 amide bonds. The SMILES string of the molecule is COCCN(CC(=O)O)C1CCS(=O)(=O)C1. The number of rotatable bonds is 6. The lowest BCUT2D eigenvalue weighted by atomic mass is 10.2. The molecule has 6 nitrogen and oxygen atoms in total. The zero-order valence-electron chi connectivity index (χ0n) is 9.26. The number of hydrogen-bond donors (Lipinski definition) is 1. The van der Waals surface area contributed by atoms with Crippen LogP contribution in [0.4, 0.5) is 0 Å². The molecule has 1 aliphatic rings. The summed E-state index contributed by atoms with van der Waals surface area (Å²) in [5, 5.41) is 8.74. The number of methoxy groups -OCH3 is 1. The fourth-order valence-corrected chi connectivity index (χ4v) is 3.60. The molecule has 0 aromatic rings. The van der Waals surface area contributed by atoms with Crippen LogP contribution in [-0.4, -0.2) is 68.7 Å². The van der Waals surface area contributed by atoms with Crippen LogP contribution in [0.15, 0.2) is 0 Å². The summed E-state index contributed by atoms with van der Waals surface area (Å²) in [6.07, 6.45) is 0.513. The molecular weight excluding hydrogens is 234 g/mol. The van der Waals surface area contributed by atoms with E-state index in [1.54, 1.807) is 4.90 Å². The average Bonchev–Trinajstić information content (AvgIpc) is 2.52. The Hall–Kier alpha value is -0.660. The molecule has 94 valence electrons. The standard InChI is InChI=1S/C9H17NO5S/c1-15-4-3-10(6-9(11)12)8-2-5-16(13,14)7-8/h8H,2-7H2,1H3,(H,11,12). The molecule has 0 saturated carbocycles. The molecule has 7 heteroatoms. The third-order valence-electron chi connectivity index (χ3n) is 2.65. The molecule has 1 unspecified atom stereocenters. The number of hydrogen-bond acceptors (Lipinski definition) is 5. The summed E-state index contributed by atoms with van der Waals surface area (Å²) >= 11 is 0. The van der Waals surface area contributed by atoms with Crippen LogP contribution < -0.4 is 0 Å². The molecule has 1 fully saturated rings. The van der Waals surface area contributed by atoms with Gasteiger partial charge >= 0.3 is 5.97 Å². The number of carboxylic acid groups (broad SMARTS) is 1. The summed E-state index contributed by atoms with van der Waals surface area (Å²) in [5.74, 6) is -0.731. The van der Waals surface area contributed by atoms with Crippen molar-refractivity contribution in [2.75, 3.05) is 38.3 Å². The van der Waals surface area contributed by atoms with Gasteiger partial charge in [-0.1, -0.05) is 0 Å². The van der Waals surface area contributed by atoms with Crippen LogP contribution in [0.25, 0.3) is 0 Å². The second kappa shape index (κ2) is 5.60. The van der Waals surface area contributed by atoms with Crippen molar-refractivity contribution in [3.05, 3.63) is 0 Å². The van der Waals surface area contributed by atoms with E-state index in [1.165, 1.54) is 7.11 Å². The van der Waals surface area contributed by atoms with E-state index in [0.29, 0.717) is 19.6 Å². The lowest BCUT2D eigenvalue weighted by Gasteiger charge is -2.25. The maximum Gasteiger partial charge on any atom is 0.317 e. The molecule has 0 aromatic carbocycles. The first-order valence-corrected chi connectivity index (χ1v) is 6.92. The van der Waals surface area contributed by atoms with Gasteiger partial charge in [-0.05, 0) is 6.42 Å². The Labute approximate surface area is 95.1 Å². The van der Waals surface area contributed by atoms with Crippen molar-refractivity contribution in [1.82, 2.24) is 4.90 Å². The van der Waals surface area contributed by atoms with Gasteiger partial charge in [0.15, 0.2) is 9.84 Å². The molecule has 1 atom stereocenters. The molecule has 0 bridgehead atoms. The van der Waals surface area contributed by atoms with Gasteiger partial charge < -0.3 is 9.84 Å². The third kappa shape index (κ3) is 4.07. The number of carboxylic acids is 1. The lowest BCUT2D eigenvalue weighted by molar-refractivity contribution is -0.139. The van der Waals surface area contributed by atoms with Crippen molar-refractivity contribution in [1.29, 1.82) is 0 Å². The number of aliphatic carboxylic acids is 1. The minimum atomic E-state index is -2.98. The molecule has 1 saturated heterocycles. The molecule has 1 N–H and O–H groups in total. The largest absolute Gasteiger partial charge is 0.480 e. The monoisotopic (exact) mass is 251 g/mol. The molecular formula is C9H17NO5S. The van der Waals surface area contributed by atoms with Gasteiger partial charge in [0.2, 0.25) is 0 Å². The number of carbonyl (C=O) groups is 1. The van der Waals surface area contributed by atoms with Crippen molar-refractivity contribution in [3.8, 4) is 0 Å². The van der Waals surface area contributed by atoms with Crippen LogP contribution in [-0.2, 0) is 19.4 Å². The van der Waals surface area contributed by atoms with Crippen molar-refractivity contribution in [3.63, 3.8) is 0 Å². The molecule has 1 aliphatic heterocycles. The van der Waals surface area contributed by atoms with Crippen LogP contribution in [0.2, 0.25) is 0 Å². The van der Waals surface area contributed by atoms with Gasteiger partial charge in [0.1, 0.15) is 0 Å². The molecule has 0 aliphatic carbocycles. The second-order valence-corrected chi connectivity index (χ2v) is 6.14. The molecule has 0 spiro atoms. The summed E-state index contributed by atoms with van der Waals surface area (Å²) in [6, 6.07) is -0.184. The predicted molar refractivity (Wildman–Crippen MR) is 58.1 cm³/mol. The van der Waals surface area contributed by atoms with E-state index < -0.39 is 15.8 Å². The highest BCUT2D eigenvalue weighted by atomic mass is 32.2. The Kier molecular flexibility index (Phi) is 4.69. The van der Waals surface area contributed by atoms with E-state index in [2.05, 4.69) is 0 Å². The Morgan fingerprint density at radius 2 is 2.25 bits per heavy atom. The highest BCUT2D eigenvalue weighted by molar-refractivity contribution is 7.91. The number of nitrogens with zero attached hydrogens (tertiary/aromatic N) is 1. The normalized spacial score (nSPS) is 23.8. The van der Waals surface area contributed by atoms with Crippen molar-refractivity contribution in [2.45, 2.75) is 12.5 Å². The highest BCUT2D eigenvalue weighted by Gasteiger charge is 2.32. The highest BCUT2D eigenvalue weighted by Crippen LogP contribution is 2.17. The first-order chi connectivity index (χ1) is 7.44. The van der Waals surface area contributed by atoms with Crippen molar-refractivity contribution < 1.29 is 23.1 Å². The topological polar surface area (TPSA) is 83.9 Å². The molecule has 0 aromatic heterocycles. The Morgan fingerprint density at radius 3 is 2.69 bits per heavy atom. The van der Waals surface area contributed by atoms with E-state index in [0.717, 1.165) is 0 Å². The van der Waals surface area contributed by atoms with E-state index in [4.69, 9.17) is 9.84 Å². The summed E-state index contributed by atoms with van der Waals surface area (Å²) in [5.41, 5.74) is 0. The minimum absolute atomic E-state index is 0.0595. The fraction of sp³-hybridized carbons (Fsp3) is 0.889. The smallest absolute Gasteiger partial charge is 0.317 e. The number of sulfone groups is 1. The van der Waals surface area contributed by atoms with Gasteiger partial charge in [-0.2, -0.15) is 0 Å². The summed E-state index contributed by atoms with van der Waals surface area (Å²) in [4.78, 5) is 12.3. The van der Waals surface area contributed by atoms with Crippen LogP contribution in [0.1, 0.15) is 6.42 Å². The zero-order chi connectivity index (χ0) is 12.2. The van der Waals surface area contributed by atoms with Gasteiger partial charge in [-0.3, -0.25) is 9.69 Å². The lowest BCUT2D eigenvalue weighted by Crippen LogP contribution is -2.41. The van der Waals surface area contributed by atoms with Gasteiger partial charge in [-0.15, -0.1) is 0 Å². The Bertz CT molecular complexity index is 340. The first-order valence-electron chi connectivity index (χ1n) is 5.10. The van der Waals surface area contributed by atoms with E-state index in [9.17, 15) is 13.2 Å². The van der Waals surface area contributed by atoms with Crippen molar-refractivity contribution >= 4 is 15.8 Å². The van der Waals surface area contributed by atoms with Gasteiger partial charge in [0.05, 0.1) is 24.7 Å². The average molecular weight is 251 g/mol. The van der Waals surface area contributed by atoms with E-state index >= 15 is 0 Å². The molecule has 0 radical (unpaired) electrons. The minimum Gasteiger partial charge on any atom is -0.480 e. The van der Waals surface area contributed by atoms with Crippen LogP contribution in [0.5, 0.6) is 0 Å². The maximum atomic E-state index is 11.3. The first kappa shape index (κ1) is 13.4. The predicted octanol–water partition coefficient (Wildman–Crippen LogP) is -0.793. The van der Waals surface area contributed by atoms with Gasteiger partial charge in [0, 0.05) is 19.7 Å². The van der Waals surface area contributed by atoms with Gasteiger partial charge in [0.25, 0.3) is 0 Å². The Morgan fingerprint density at radius 1 is 1.56 bits per heavy atom. The van der Waals surface area contributed by atoms with Crippen LogP contribution in [0, 0.1) is 0 Å². The Balaban J connectivity index is 2.58. The van der Waals surface area contributed by atoms with Crippen LogP contribution >= 0.6 is 0 Å².